The Kier molecular flexibility index (Phi) is 9.10. The zero-order valence-electron chi connectivity index (χ0n) is 23.7. The Labute approximate surface area is 250 Å². The van der Waals surface area contributed by atoms with Gasteiger partial charge in [0.2, 0.25) is 17.4 Å². The van der Waals surface area contributed by atoms with E-state index < -0.39 is 66.1 Å². The van der Waals surface area contributed by atoms with Crippen LogP contribution in [0.5, 0.6) is 34.8 Å². The Hall–Kier alpha value is -4.57. The second-order valence-electron chi connectivity index (χ2n) is 9.92. The van der Waals surface area contributed by atoms with Crippen molar-refractivity contribution in [1.29, 1.82) is 5.41 Å². The van der Waals surface area contributed by atoms with E-state index in [4.69, 9.17) is 34.8 Å². The summed E-state index contributed by atoms with van der Waals surface area (Å²) in [7, 11) is 1.88. The number of phenols is 1. The molecule has 2 aliphatic heterocycles. The first-order valence-electron chi connectivity index (χ1n) is 13.6. The molecule has 0 bridgehead atoms. The lowest BCUT2D eigenvalue weighted by atomic mass is 10.1. The summed E-state index contributed by atoms with van der Waals surface area (Å²) in [6.07, 6.45) is -5.27. The number of likely N-dealkylation sites (N-methyl/N-ethyl adjacent to an activating group) is 1. The first-order chi connectivity index (χ1) is 21.1. The third-order valence-electron chi connectivity index (χ3n) is 6.86. The lowest BCUT2D eigenvalue weighted by Crippen LogP contribution is -2.35. The van der Waals surface area contributed by atoms with Crippen molar-refractivity contribution in [3.63, 3.8) is 0 Å². The quantitative estimate of drug-likeness (QED) is 0.158. The summed E-state index contributed by atoms with van der Waals surface area (Å²) in [6.45, 7) is 2.59. The maximum absolute atomic E-state index is 15.8. The lowest BCUT2D eigenvalue weighted by Gasteiger charge is -2.18. The maximum Gasteiger partial charge on any atom is 0.263 e. The number of nitrogens with zero attached hydrogens (tertiary/aromatic N) is 3. The Morgan fingerprint density at radius 2 is 1.86 bits per heavy atom. The SMILES string of the molecule is CCOC1OC(COc2c(F)c(Oc3cccc(C4=NCCN4C)c3)nc(Oc3cc(C(=N)N)ccc3O)c2F)C(O)C1O. The van der Waals surface area contributed by atoms with E-state index in [0.717, 1.165) is 6.54 Å². The number of nitrogens with one attached hydrogen (secondary N) is 1. The van der Waals surface area contributed by atoms with Crippen LogP contribution in [0.1, 0.15) is 18.1 Å². The fourth-order valence-electron chi connectivity index (χ4n) is 4.58. The van der Waals surface area contributed by atoms with Gasteiger partial charge in [0.25, 0.3) is 11.8 Å². The van der Waals surface area contributed by atoms with Crippen LogP contribution in [-0.2, 0) is 9.47 Å². The third-order valence-corrected chi connectivity index (χ3v) is 6.86. The molecule has 2 aliphatic rings. The molecular weight excluding hydrogens is 584 g/mol. The second-order valence-corrected chi connectivity index (χ2v) is 9.92. The average molecular weight is 616 g/mol. The van der Waals surface area contributed by atoms with Crippen molar-refractivity contribution in [1.82, 2.24) is 9.88 Å². The Morgan fingerprint density at radius 1 is 1.11 bits per heavy atom. The van der Waals surface area contributed by atoms with Crippen molar-refractivity contribution in [2.75, 3.05) is 33.4 Å². The number of halogens is 2. The van der Waals surface area contributed by atoms with Crippen LogP contribution in [-0.4, -0.2) is 94.8 Å². The van der Waals surface area contributed by atoms with Crippen LogP contribution in [0.3, 0.4) is 0 Å². The highest BCUT2D eigenvalue weighted by atomic mass is 19.1. The van der Waals surface area contributed by atoms with Crippen molar-refractivity contribution in [2.45, 2.75) is 31.5 Å². The molecule has 6 N–H and O–H groups in total. The van der Waals surface area contributed by atoms with Gasteiger partial charge in [0, 0.05) is 31.3 Å². The van der Waals surface area contributed by atoms with Crippen molar-refractivity contribution in [2.24, 2.45) is 10.7 Å². The van der Waals surface area contributed by atoms with Crippen LogP contribution in [0.4, 0.5) is 8.78 Å². The molecule has 234 valence electrons. The molecule has 0 radical (unpaired) electrons. The summed E-state index contributed by atoms with van der Waals surface area (Å²) in [4.78, 5) is 10.3. The first kappa shape index (κ1) is 30.9. The maximum atomic E-state index is 15.8. The number of hydrogen-bond acceptors (Lipinski definition) is 12. The number of aliphatic hydroxyl groups is 2. The number of aliphatic hydroxyl groups excluding tert-OH is 2. The van der Waals surface area contributed by atoms with E-state index in [9.17, 15) is 15.3 Å². The Balaban J connectivity index is 1.49. The predicted octanol–water partition coefficient (Wildman–Crippen LogP) is 2.49. The number of phenolic OH excluding ortho intramolecular Hbond substituents is 1. The zero-order valence-corrected chi connectivity index (χ0v) is 23.7. The van der Waals surface area contributed by atoms with Crippen molar-refractivity contribution in [3.8, 4) is 34.8 Å². The van der Waals surface area contributed by atoms with Gasteiger partial charge in [-0.15, -0.1) is 0 Å². The molecule has 1 aromatic heterocycles. The van der Waals surface area contributed by atoms with Crippen molar-refractivity contribution < 1.29 is 47.8 Å². The number of pyridine rings is 1. The van der Waals surface area contributed by atoms with Crippen LogP contribution in [0.15, 0.2) is 47.5 Å². The monoisotopic (exact) mass is 615 g/mol. The molecular formula is C29H31F2N5O8. The molecule has 0 amide bonds. The summed E-state index contributed by atoms with van der Waals surface area (Å²) in [5.41, 5.74) is 6.37. The number of hydrogen-bond donors (Lipinski definition) is 5. The van der Waals surface area contributed by atoms with Crippen LogP contribution in [0.25, 0.3) is 0 Å². The number of aromatic nitrogens is 1. The predicted molar refractivity (Wildman–Crippen MR) is 152 cm³/mol. The molecule has 15 heteroatoms. The van der Waals surface area contributed by atoms with Crippen LogP contribution in [0.2, 0.25) is 0 Å². The van der Waals surface area contributed by atoms with Gasteiger partial charge >= 0.3 is 0 Å². The van der Waals surface area contributed by atoms with Gasteiger partial charge in [-0.2, -0.15) is 13.8 Å². The molecule has 1 saturated heterocycles. The number of ether oxygens (including phenoxy) is 5. The van der Waals surface area contributed by atoms with Gasteiger partial charge in [-0.05, 0) is 37.3 Å². The fraction of sp³-hybridized carbons (Fsp3) is 0.345. The molecule has 4 unspecified atom stereocenters. The summed E-state index contributed by atoms with van der Waals surface area (Å²) < 4.78 is 58.8. The van der Waals surface area contributed by atoms with Gasteiger partial charge in [-0.1, -0.05) is 12.1 Å². The number of nitrogen functional groups attached to an aromatic ring is 1. The minimum atomic E-state index is -1.48. The highest BCUT2D eigenvalue weighted by molar-refractivity contribution is 6.00. The third kappa shape index (κ3) is 6.35. The summed E-state index contributed by atoms with van der Waals surface area (Å²) in [5, 5.41) is 38.5. The van der Waals surface area contributed by atoms with Gasteiger partial charge in [0.05, 0.1) is 6.54 Å². The molecule has 2 aromatic carbocycles. The number of benzene rings is 2. The van der Waals surface area contributed by atoms with Gasteiger partial charge in [-0.25, -0.2) is 0 Å². The minimum Gasteiger partial charge on any atom is -0.504 e. The molecule has 4 atom stereocenters. The molecule has 3 aromatic rings. The van der Waals surface area contributed by atoms with E-state index in [1.54, 1.807) is 25.1 Å². The molecule has 13 nitrogen and oxygen atoms in total. The zero-order chi connectivity index (χ0) is 31.5. The van der Waals surface area contributed by atoms with Gasteiger partial charge in [0.1, 0.15) is 42.3 Å². The number of nitrogens with two attached hydrogens (primary N) is 1. The van der Waals surface area contributed by atoms with Crippen LogP contribution >= 0.6 is 0 Å². The Bertz CT molecular complexity index is 1570. The van der Waals surface area contributed by atoms with Crippen molar-refractivity contribution >= 4 is 11.7 Å². The highest BCUT2D eigenvalue weighted by Gasteiger charge is 2.44. The fourth-order valence-corrected chi connectivity index (χ4v) is 4.58. The molecule has 5 rings (SSSR count). The highest BCUT2D eigenvalue weighted by Crippen LogP contribution is 2.40. The van der Waals surface area contributed by atoms with Gasteiger partial charge in [-0.3, -0.25) is 10.4 Å². The molecule has 3 heterocycles. The van der Waals surface area contributed by atoms with Gasteiger partial charge < -0.3 is 49.6 Å². The largest absolute Gasteiger partial charge is 0.504 e. The Morgan fingerprint density at radius 3 is 2.55 bits per heavy atom. The molecule has 1 fully saturated rings. The second kappa shape index (κ2) is 13.0. The molecule has 0 spiro atoms. The van der Waals surface area contributed by atoms with E-state index in [1.165, 1.54) is 24.3 Å². The smallest absolute Gasteiger partial charge is 0.263 e. The van der Waals surface area contributed by atoms with Gasteiger partial charge in [0.15, 0.2) is 17.8 Å². The summed E-state index contributed by atoms with van der Waals surface area (Å²) >= 11 is 0. The summed E-state index contributed by atoms with van der Waals surface area (Å²) in [6, 6.07) is 10.3. The van der Waals surface area contributed by atoms with E-state index in [1.807, 2.05) is 11.9 Å². The summed E-state index contributed by atoms with van der Waals surface area (Å²) in [5.74, 6) is -5.62. The minimum absolute atomic E-state index is 0.138. The number of aliphatic imine (C=N–C) groups is 1. The number of amidine groups is 2. The van der Waals surface area contributed by atoms with E-state index in [0.29, 0.717) is 17.9 Å². The molecule has 0 saturated carbocycles. The normalized spacial score (nSPS) is 21.3. The molecule has 0 aliphatic carbocycles. The molecule has 44 heavy (non-hydrogen) atoms. The average Bonchev–Trinajstić information content (AvgIpc) is 3.55. The van der Waals surface area contributed by atoms with Crippen molar-refractivity contribution in [3.05, 3.63) is 65.2 Å². The topological polar surface area (TPSA) is 185 Å². The number of rotatable bonds is 11. The van der Waals surface area contributed by atoms with E-state index >= 15 is 8.78 Å². The van der Waals surface area contributed by atoms with E-state index in [2.05, 4.69) is 9.98 Å². The first-order valence-corrected chi connectivity index (χ1v) is 13.6. The van der Waals surface area contributed by atoms with Crippen LogP contribution < -0.4 is 19.9 Å². The van der Waals surface area contributed by atoms with E-state index in [-0.39, 0.29) is 29.5 Å². The number of aromatic hydroxyl groups is 1. The standard InChI is InChI=1S/C29H31F2N5O8/c1-3-40-29-23(39)22(38)19(44-29)13-41-24-20(30)27(42-16-6-4-5-15(11-16)26-34-9-10-36(26)2)35-28(21(24)31)43-18-12-14(25(32)33)7-8-17(18)37/h4-8,11-12,19,22-23,29,37-39H,3,9-10,13H2,1-2H3,(H3,32,33). The lowest BCUT2D eigenvalue weighted by molar-refractivity contribution is -0.165. The van der Waals surface area contributed by atoms with Crippen LogP contribution in [0, 0.1) is 17.0 Å².